The smallest absolute Gasteiger partial charge is 0.0931 e. The molecule has 14 heavy (non-hydrogen) atoms. The molecule has 2 aromatic rings. The molecular weight excluding hydrogens is 176 g/mol. The second-order valence-corrected chi connectivity index (χ2v) is 3.26. The van der Waals surface area contributed by atoms with Gasteiger partial charge < -0.3 is 16.0 Å². The lowest BCUT2D eigenvalue weighted by Crippen LogP contribution is -2.24. The summed E-state index contributed by atoms with van der Waals surface area (Å²) < 4.78 is 0. The van der Waals surface area contributed by atoms with E-state index in [-0.39, 0.29) is 6.04 Å². The van der Waals surface area contributed by atoms with Crippen LogP contribution >= 0.6 is 0 Å². The Bertz CT molecular complexity index is 417. The fourth-order valence-electron chi connectivity index (χ4n) is 1.59. The monoisotopic (exact) mass is 190 g/mol. The van der Waals surface area contributed by atoms with Crippen LogP contribution in [0.2, 0.25) is 0 Å². The lowest BCUT2D eigenvalue weighted by atomic mass is 10.1. The van der Waals surface area contributed by atoms with Gasteiger partial charge in [0.05, 0.1) is 17.4 Å². The first-order chi connectivity index (χ1) is 6.85. The highest BCUT2D eigenvalue weighted by Gasteiger charge is 2.07. The second kappa shape index (κ2) is 3.77. The van der Waals surface area contributed by atoms with Crippen LogP contribution in [0.25, 0.3) is 11.0 Å². The van der Waals surface area contributed by atoms with E-state index in [4.69, 9.17) is 5.73 Å². The highest BCUT2D eigenvalue weighted by Crippen LogP contribution is 2.16. The van der Waals surface area contributed by atoms with Gasteiger partial charge in [0.1, 0.15) is 0 Å². The Balaban J connectivity index is 2.42. The number of hydrogen-bond acceptors (Lipinski definition) is 3. The Hall–Kier alpha value is -1.39. The van der Waals surface area contributed by atoms with E-state index in [0.717, 1.165) is 11.0 Å². The first kappa shape index (κ1) is 9.18. The predicted molar refractivity (Wildman–Crippen MR) is 56.9 cm³/mol. The molecule has 0 aliphatic rings. The van der Waals surface area contributed by atoms with E-state index >= 15 is 0 Å². The van der Waals surface area contributed by atoms with Gasteiger partial charge in [-0.2, -0.15) is 0 Å². The average molecular weight is 190 g/mol. The molecule has 1 unspecified atom stereocenters. The van der Waals surface area contributed by atoms with Crippen LogP contribution in [0.4, 0.5) is 0 Å². The van der Waals surface area contributed by atoms with E-state index < -0.39 is 0 Å². The molecule has 0 bridgehead atoms. The Morgan fingerprint density at radius 3 is 3.14 bits per heavy atom. The highest BCUT2D eigenvalue weighted by molar-refractivity contribution is 5.75. The van der Waals surface area contributed by atoms with Crippen molar-refractivity contribution in [1.82, 2.24) is 15.3 Å². The molecular formula is C10H14N4. The lowest BCUT2D eigenvalue weighted by Gasteiger charge is -2.13. The number of hydrogen-bond donors (Lipinski definition) is 3. The van der Waals surface area contributed by atoms with Gasteiger partial charge in [-0.15, -0.1) is 0 Å². The summed E-state index contributed by atoms with van der Waals surface area (Å²) in [6, 6.07) is 6.34. The molecule has 1 aromatic carbocycles. The van der Waals surface area contributed by atoms with Crippen LogP contribution in [0.1, 0.15) is 11.6 Å². The summed E-state index contributed by atoms with van der Waals surface area (Å²) in [7, 11) is 1.91. The van der Waals surface area contributed by atoms with Gasteiger partial charge in [-0.3, -0.25) is 0 Å². The zero-order chi connectivity index (χ0) is 9.97. The Morgan fingerprint density at radius 2 is 2.43 bits per heavy atom. The quantitative estimate of drug-likeness (QED) is 0.670. The fourth-order valence-corrected chi connectivity index (χ4v) is 1.59. The SMILES string of the molecule is CNC(CN)c1ccc2nc[nH]c2c1. The van der Waals surface area contributed by atoms with Crippen molar-refractivity contribution in [2.45, 2.75) is 6.04 Å². The third-order valence-corrected chi connectivity index (χ3v) is 2.43. The van der Waals surface area contributed by atoms with Gasteiger partial charge in [0, 0.05) is 12.6 Å². The summed E-state index contributed by atoms with van der Waals surface area (Å²) in [5.74, 6) is 0. The van der Waals surface area contributed by atoms with E-state index in [9.17, 15) is 0 Å². The third-order valence-electron chi connectivity index (χ3n) is 2.43. The summed E-state index contributed by atoms with van der Waals surface area (Å²) in [4.78, 5) is 7.25. The normalized spacial score (nSPS) is 13.3. The zero-order valence-corrected chi connectivity index (χ0v) is 8.12. The zero-order valence-electron chi connectivity index (χ0n) is 8.12. The molecule has 0 amide bonds. The molecule has 1 atom stereocenters. The van der Waals surface area contributed by atoms with Crippen LogP contribution in [0.3, 0.4) is 0 Å². The van der Waals surface area contributed by atoms with Crippen molar-refractivity contribution >= 4 is 11.0 Å². The summed E-state index contributed by atoms with van der Waals surface area (Å²) in [5.41, 5.74) is 8.87. The van der Waals surface area contributed by atoms with Crippen molar-refractivity contribution in [2.75, 3.05) is 13.6 Å². The molecule has 2 rings (SSSR count). The van der Waals surface area contributed by atoms with Crippen molar-refractivity contribution in [3.05, 3.63) is 30.1 Å². The number of fused-ring (bicyclic) bond motifs is 1. The van der Waals surface area contributed by atoms with Gasteiger partial charge in [0.15, 0.2) is 0 Å². The maximum absolute atomic E-state index is 5.65. The second-order valence-electron chi connectivity index (χ2n) is 3.26. The van der Waals surface area contributed by atoms with Crippen molar-refractivity contribution in [1.29, 1.82) is 0 Å². The minimum atomic E-state index is 0.211. The minimum Gasteiger partial charge on any atom is -0.345 e. The molecule has 4 nitrogen and oxygen atoms in total. The van der Waals surface area contributed by atoms with Crippen molar-refractivity contribution < 1.29 is 0 Å². The van der Waals surface area contributed by atoms with E-state index in [1.807, 2.05) is 13.1 Å². The topological polar surface area (TPSA) is 66.7 Å². The minimum absolute atomic E-state index is 0.211. The van der Waals surface area contributed by atoms with Gasteiger partial charge in [0.2, 0.25) is 0 Å². The number of aromatic amines is 1. The molecule has 1 aromatic heterocycles. The van der Waals surface area contributed by atoms with Crippen molar-refractivity contribution in [3.63, 3.8) is 0 Å². The number of aromatic nitrogens is 2. The summed E-state index contributed by atoms with van der Waals surface area (Å²) in [6.07, 6.45) is 1.70. The van der Waals surface area contributed by atoms with Gasteiger partial charge >= 0.3 is 0 Å². The first-order valence-corrected chi connectivity index (χ1v) is 4.65. The van der Waals surface area contributed by atoms with E-state index in [1.54, 1.807) is 6.33 Å². The van der Waals surface area contributed by atoms with Crippen LogP contribution in [0.15, 0.2) is 24.5 Å². The Kier molecular flexibility index (Phi) is 2.47. The predicted octanol–water partition coefficient (Wildman–Crippen LogP) is 0.782. The highest BCUT2D eigenvalue weighted by atomic mass is 14.9. The molecule has 0 spiro atoms. The number of imidazole rings is 1. The maximum Gasteiger partial charge on any atom is 0.0931 e. The molecule has 1 heterocycles. The van der Waals surface area contributed by atoms with Crippen LogP contribution in [-0.4, -0.2) is 23.6 Å². The summed E-state index contributed by atoms with van der Waals surface area (Å²) in [6.45, 7) is 0.593. The Labute approximate surface area is 82.5 Å². The Morgan fingerprint density at radius 1 is 1.57 bits per heavy atom. The molecule has 0 saturated carbocycles. The summed E-state index contributed by atoms with van der Waals surface area (Å²) >= 11 is 0. The molecule has 4 N–H and O–H groups in total. The van der Waals surface area contributed by atoms with Crippen LogP contribution in [0, 0.1) is 0 Å². The number of benzene rings is 1. The number of nitrogens with two attached hydrogens (primary N) is 1. The standard InChI is InChI=1S/C10H14N4/c1-12-10(5-11)7-2-3-8-9(4-7)14-6-13-8/h2-4,6,10,12H,5,11H2,1H3,(H,13,14). The van der Waals surface area contributed by atoms with E-state index in [2.05, 4.69) is 27.4 Å². The van der Waals surface area contributed by atoms with Gasteiger partial charge in [-0.25, -0.2) is 4.98 Å². The largest absolute Gasteiger partial charge is 0.345 e. The first-order valence-electron chi connectivity index (χ1n) is 4.65. The number of H-pyrrole nitrogens is 1. The van der Waals surface area contributed by atoms with Crippen molar-refractivity contribution in [3.8, 4) is 0 Å². The molecule has 4 heteroatoms. The third kappa shape index (κ3) is 1.49. The molecule has 0 fully saturated rings. The van der Waals surface area contributed by atoms with Gasteiger partial charge in [-0.05, 0) is 24.7 Å². The number of nitrogens with zero attached hydrogens (tertiary/aromatic N) is 1. The van der Waals surface area contributed by atoms with Crippen LogP contribution in [0.5, 0.6) is 0 Å². The molecule has 0 aliphatic carbocycles. The van der Waals surface area contributed by atoms with Gasteiger partial charge in [-0.1, -0.05) is 6.07 Å². The van der Waals surface area contributed by atoms with E-state index in [0.29, 0.717) is 6.54 Å². The number of rotatable bonds is 3. The lowest BCUT2D eigenvalue weighted by molar-refractivity contribution is 0.606. The molecule has 0 radical (unpaired) electrons. The number of likely N-dealkylation sites (N-methyl/N-ethyl adjacent to an activating group) is 1. The van der Waals surface area contributed by atoms with Gasteiger partial charge in [0.25, 0.3) is 0 Å². The van der Waals surface area contributed by atoms with Crippen LogP contribution < -0.4 is 11.1 Å². The van der Waals surface area contributed by atoms with Crippen molar-refractivity contribution in [2.24, 2.45) is 5.73 Å². The fraction of sp³-hybridized carbons (Fsp3) is 0.300. The molecule has 0 aliphatic heterocycles. The number of nitrogens with one attached hydrogen (secondary N) is 2. The van der Waals surface area contributed by atoms with E-state index in [1.165, 1.54) is 5.56 Å². The summed E-state index contributed by atoms with van der Waals surface area (Å²) in [5, 5.41) is 3.17. The maximum atomic E-state index is 5.65. The molecule has 0 saturated heterocycles. The van der Waals surface area contributed by atoms with Crippen LogP contribution in [-0.2, 0) is 0 Å². The average Bonchev–Trinajstić information content (AvgIpc) is 2.66. The molecule has 74 valence electrons.